The van der Waals surface area contributed by atoms with E-state index in [9.17, 15) is 14.7 Å². The molecule has 0 spiro atoms. The first kappa shape index (κ1) is 14.0. The molecule has 5 heteroatoms. The lowest BCUT2D eigenvalue weighted by molar-refractivity contribution is -0.151. The van der Waals surface area contributed by atoms with Crippen LogP contribution in [0.5, 0.6) is 0 Å². The molecule has 5 nitrogen and oxygen atoms in total. The molecule has 0 radical (unpaired) electrons. The predicted molar refractivity (Wildman–Crippen MR) is 64.4 cm³/mol. The number of rotatable bonds is 4. The average Bonchev–Trinajstić information content (AvgIpc) is 2.27. The molecule has 1 rings (SSSR count). The monoisotopic (exact) mass is 242 g/mol. The fourth-order valence-corrected chi connectivity index (χ4v) is 2.30. The Balaban J connectivity index is 2.73. The molecule has 0 aromatic heterocycles. The summed E-state index contributed by atoms with van der Waals surface area (Å²) in [6, 6.07) is -0.317. The van der Waals surface area contributed by atoms with E-state index in [1.54, 1.807) is 20.8 Å². The van der Waals surface area contributed by atoms with Crippen LogP contribution in [0.15, 0.2) is 0 Å². The average molecular weight is 242 g/mol. The standard InChI is InChI=1S/C12H22N2O3/c1-8(10(13)15)14-6-4-5-9(7-14)12(2,3)11(16)17/h8-9H,4-7H2,1-3H3,(H2,13,15)(H,16,17). The molecule has 1 aliphatic rings. The van der Waals surface area contributed by atoms with Crippen LogP contribution in [0.1, 0.15) is 33.6 Å². The number of likely N-dealkylation sites (tertiary alicyclic amines) is 1. The third kappa shape index (κ3) is 2.97. The molecule has 0 aromatic carbocycles. The van der Waals surface area contributed by atoms with Crippen molar-refractivity contribution in [1.82, 2.24) is 4.90 Å². The fraction of sp³-hybridized carbons (Fsp3) is 0.833. The van der Waals surface area contributed by atoms with E-state index < -0.39 is 11.4 Å². The molecule has 1 saturated heterocycles. The van der Waals surface area contributed by atoms with Gasteiger partial charge < -0.3 is 10.8 Å². The molecule has 1 heterocycles. The number of piperidine rings is 1. The zero-order valence-corrected chi connectivity index (χ0v) is 10.8. The number of hydrogen-bond acceptors (Lipinski definition) is 3. The molecule has 3 N–H and O–H groups in total. The van der Waals surface area contributed by atoms with Gasteiger partial charge in [0, 0.05) is 6.54 Å². The number of hydrogen-bond donors (Lipinski definition) is 2. The molecule has 98 valence electrons. The van der Waals surface area contributed by atoms with Crippen LogP contribution in [-0.4, -0.2) is 41.0 Å². The van der Waals surface area contributed by atoms with Crippen LogP contribution in [0, 0.1) is 11.3 Å². The molecule has 1 amide bonds. The van der Waals surface area contributed by atoms with E-state index >= 15 is 0 Å². The molecule has 0 aliphatic carbocycles. The summed E-state index contributed by atoms with van der Waals surface area (Å²) in [5.41, 5.74) is 4.53. The summed E-state index contributed by atoms with van der Waals surface area (Å²) in [5, 5.41) is 9.22. The van der Waals surface area contributed by atoms with Gasteiger partial charge in [0.15, 0.2) is 0 Å². The lowest BCUT2D eigenvalue weighted by atomic mass is 9.74. The smallest absolute Gasteiger partial charge is 0.309 e. The molecule has 1 aliphatic heterocycles. The van der Waals surface area contributed by atoms with Crippen LogP contribution < -0.4 is 5.73 Å². The minimum atomic E-state index is -0.781. The van der Waals surface area contributed by atoms with Gasteiger partial charge in [-0.15, -0.1) is 0 Å². The van der Waals surface area contributed by atoms with E-state index in [1.807, 2.05) is 4.90 Å². The molecule has 0 aromatic rings. The van der Waals surface area contributed by atoms with Crippen LogP contribution in [-0.2, 0) is 9.59 Å². The number of primary amides is 1. The third-order valence-electron chi connectivity index (χ3n) is 3.98. The molecule has 2 unspecified atom stereocenters. The van der Waals surface area contributed by atoms with Gasteiger partial charge in [-0.25, -0.2) is 0 Å². The van der Waals surface area contributed by atoms with Crippen molar-refractivity contribution in [3.63, 3.8) is 0 Å². The Labute approximate surface area is 102 Å². The van der Waals surface area contributed by atoms with E-state index in [-0.39, 0.29) is 17.9 Å². The molecular weight excluding hydrogens is 220 g/mol. The maximum atomic E-state index is 11.2. The van der Waals surface area contributed by atoms with Gasteiger partial charge in [0.05, 0.1) is 11.5 Å². The number of aliphatic carboxylic acids is 1. The topological polar surface area (TPSA) is 83.6 Å². The zero-order chi connectivity index (χ0) is 13.2. The van der Waals surface area contributed by atoms with Gasteiger partial charge in [-0.3, -0.25) is 14.5 Å². The summed E-state index contributed by atoms with van der Waals surface area (Å²) in [6.45, 7) is 6.72. The van der Waals surface area contributed by atoms with Gasteiger partial charge in [0.1, 0.15) is 0 Å². The summed E-state index contributed by atoms with van der Waals surface area (Å²) in [4.78, 5) is 24.4. The molecule has 2 atom stereocenters. The van der Waals surface area contributed by atoms with Crippen LogP contribution >= 0.6 is 0 Å². The van der Waals surface area contributed by atoms with E-state index in [4.69, 9.17) is 5.73 Å². The number of carboxylic acids is 1. The third-order valence-corrected chi connectivity index (χ3v) is 3.98. The van der Waals surface area contributed by atoms with Gasteiger partial charge in [-0.2, -0.15) is 0 Å². The first-order valence-electron chi connectivity index (χ1n) is 6.03. The Bertz CT molecular complexity index is 315. The number of carboxylic acid groups (broad SMARTS) is 1. The summed E-state index contributed by atoms with van der Waals surface area (Å²) >= 11 is 0. The second kappa shape index (κ2) is 5.04. The van der Waals surface area contributed by atoms with Crippen molar-refractivity contribution in [2.24, 2.45) is 17.1 Å². The van der Waals surface area contributed by atoms with E-state index in [0.29, 0.717) is 6.54 Å². The first-order chi connectivity index (χ1) is 7.76. The van der Waals surface area contributed by atoms with Crippen LogP contribution in [0.25, 0.3) is 0 Å². The molecular formula is C12H22N2O3. The second-order valence-corrected chi connectivity index (χ2v) is 5.44. The van der Waals surface area contributed by atoms with Crippen molar-refractivity contribution in [1.29, 1.82) is 0 Å². The Morgan fingerprint density at radius 3 is 2.53 bits per heavy atom. The summed E-state index contributed by atoms with van der Waals surface area (Å²) in [7, 11) is 0. The van der Waals surface area contributed by atoms with Crippen molar-refractivity contribution in [3.8, 4) is 0 Å². The predicted octanol–water partition coefficient (Wildman–Crippen LogP) is 0.683. The van der Waals surface area contributed by atoms with Gasteiger partial charge in [-0.1, -0.05) is 0 Å². The van der Waals surface area contributed by atoms with Crippen LogP contribution in [0.2, 0.25) is 0 Å². The van der Waals surface area contributed by atoms with Gasteiger partial charge >= 0.3 is 5.97 Å². The van der Waals surface area contributed by atoms with Gasteiger partial charge in [0.2, 0.25) is 5.91 Å². The minimum Gasteiger partial charge on any atom is -0.481 e. The normalized spacial score (nSPS) is 24.3. The summed E-state index contributed by atoms with van der Waals surface area (Å²) in [6.07, 6.45) is 1.81. The maximum absolute atomic E-state index is 11.2. The maximum Gasteiger partial charge on any atom is 0.309 e. The van der Waals surface area contributed by atoms with Crippen LogP contribution in [0.3, 0.4) is 0 Å². The largest absolute Gasteiger partial charge is 0.481 e. The fourth-order valence-electron chi connectivity index (χ4n) is 2.30. The number of amides is 1. The first-order valence-corrected chi connectivity index (χ1v) is 6.03. The minimum absolute atomic E-state index is 0.0653. The molecule has 17 heavy (non-hydrogen) atoms. The Morgan fingerprint density at radius 1 is 1.47 bits per heavy atom. The highest BCUT2D eigenvalue weighted by Gasteiger charge is 2.40. The van der Waals surface area contributed by atoms with Crippen molar-refractivity contribution in [3.05, 3.63) is 0 Å². The molecule has 0 saturated carbocycles. The highest BCUT2D eigenvalue weighted by Crippen LogP contribution is 2.34. The van der Waals surface area contributed by atoms with Crippen LogP contribution in [0.4, 0.5) is 0 Å². The van der Waals surface area contributed by atoms with Crippen molar-refractivity contribution >= 4 is 11.9 Å². The number of carbonyl (C=O) groups excluding carboxylic acids is 1. The zero-order valence-electron chi connectivity index (χ0n) is 10.8. The lowest BCUT2D eigenvalue weighted by Gasteiger charge is -2.40. The SMILES string of the molecule is CC(C(N)=O)N1CCCC(C(C)(C)C(=O)O)C1. The van der Waals surface area contributed by atoms with Gasteiger partial charge in [0.25, 0.3) is 0 Å². The summed E-state index contributed by atoms with van der Waals surface area (Å²) < 4.78 is 0. The number of nitrogens with two attached hydrogens (primary N) is 1. The molecule has 0 bridgehead atoms. The van der Waals surface area contributed by atoms with E-state index in [2.05, 4.69) is 0 Å². The second-order valence-electron chi connectivity index (χ2n) is 5.44. The van der Waals surface area contributed by atoms with Crippen molar-refractivity contribution in [2.45, 2.75) is 39.7 Å². The summed E-state index contributed by atoms with van der Waals surface area (Å²) in [5.74, 6) is -1.06. The number of carbonyl (C=O) groups is 2. The Hall–Kier alpha value is -1.10. The van der Waals surface area contributed by atoms with E-state index in [1.165, 1.54) is 0 Å². The van der Waals surface area contributed by atoms with Crippen molar-refractivity contribution in [2.75, 3.05) is 13.1 Å². The highest BCUT2D eigenvalue weighted by molar-refractivity contribution is 5.79. The van der Waals surface area contributed by atoms with Gasteiger partial charge in [-0.05, 0) is 46.1 Å². The quantitative estimate of drug-likeness (QED) is 0.759. The Kier molecular flexibility index (Phi) is 4.14. The number of nitrogens with zero attached hydrogens (tertiary/aromatic N) is 1. The van der Waals surface area contributed by atoms with Crippen molar-refractivity contribution < 1.29 is 14.7 Å². The molecule has 1 fully saturated rings. The Morgan fingerprint density at radius 2 is 2.06 bits per heavy atom. The highest BCUT2D eigenvalue weighted by atomic mass is 16.4. The van der Waals surface area contributed by atoms with E-state index in [0.717, 1.165) is 19.4 Å². The lowest BCUT2D eigenvalue weighted by Crippen LogP contribution is -2.51.